The largest absolute Gasteiger partial charge is 0.309 e. The van der Waals surface area contributed by atoms with Crippen LogP contribution < -0.4 is 0 Å². The number of rotatable bonds is 6. The van der Waals surface area contributed by atoms with Crippen molar-refractivity contribution in [2.45, 2.75) is 0 Å². The van der Waals surface area contributed by atoms with Crippen LogP contribution >= 0.6 is 0 Å². The van der Waals surface area contributed by atoms with Gasteiger partial charge < -0.3 is 9.13 Å². The van der Waals surface area contributed by atoms with Gasteiger partial charge in [-0.25, -0.2) is 4.98 Å². The van der Waals surface area contributed by atoms with Crippen molar-refractivity contribution >= 4 is 43.7 Å². The minimum atomic E-state index is 0.935. The maximum atomic E-state index is 5.25. The van der Waals surface area contributed by atoms with Gasteiger partial charge in [0.1, 0.15) is 0 Å². The molecule has 0 amide bonds. The SMILES string of the molecule is c1ccc(-c2cc(-c3ccccc3)nc(-c3cccc(-n4c5ccccc5c5ccc(-c6ccc7c(c6)c6ncccc6n7-c6ccccc6)cc54)c3)c2)cc1. The smallest absolute Gasteiger partial charge is 0.0963 e. The predicted molar refractivity (Wildman–Crippen MR) is 232 cm³/mol. The van der Waals surface area contributed by atoms with Crippen molar-refractivity contribution in [1.29, 1.82) is 0 Å². The van der Waals surface area contributed by atoms with Crippen LogP contribution in [0, 0.1) is 0 Å². The Hall–Kier alpha value is -7.56. The Morgan fingerprint density at radius 3 is 1.71 bits per heavy atom. The lowest BCUT2D eigenvalue weighted by Crippen LogP contribution is -1.96. The quantitative estimate of drug-likeness (QED) is 0.172. The molecule has 4 heteroatoms. The van der Waals surface area contributed by atoms with Gasteiger partial charge in [-0.3, -0.25) is 4.98 Å². The van der Waals surface area contributed by atoms with E-state index < -0.39 is 0 Å². The van der Waals surface area contributed by atoms with Gasteiger partial charge in [0.05, 0.1) is 39.0 Å². The number of fused-ring (bicyclic) bond motifs is 6. The van der Waals surface area contributed by atoms with Crippen LogP contribution in [0.4, 0.5) is 0 Å². The lowest BCUT2D eigenvalue weighted by Gasteiger charge is -2.13. The Labute approximate surface area is 324 Å². The second kappa shape index (κ2) is 13.1. The normalized spacial score (nSPS) is 11.6. The molecule has 4 aromatic heterocycles. The lowest BCUT2D eigenvalue weighted by molar-refractivity contribution is 1.17. The van der Waals surface area contributed by atoms with E-state index in [2.05, 4.69) is 197 Å². The zero-order valence-electron chi connectivity index (χ0n) is 30.4. The summed E-state index contributed by atoms with van der Waals surface area (Å²) in [5, 5.41) is 3.57. The summed E-state index contributed by atoms with van der Waals surface area (Å²) in [5.41, 5.74) is 16.4. The van der Waals surface area contributed by atoms with Crippen molar-refractivity contribution < 1.29 is 0 Å². The minimum Gasteiger partial charge on any atom is -0.309 e. The highest BCUT2D eigenvalue weighted by atomic mass is 15.0. The first-order valence-electron chi connectivity index (χ1n) is 19.0. The van der Waals surface area contributed by atoms with E-state index in [0.717, 1.165) is 83.6 Å². The topological polar surface area (TPSA) is 35.6 Å². The van der Waals surface area contributed by atoms with E-state index in [4.69, 9.17) is 9.97 Å². The van der Waals surface area contributed by atoms with Gasteiger partial charge in [-0.15, -0.1) is 0 Å². The van der Waals surface area contributed by atoms with E-state index in [9.17, 15) is 0 Å². The Bertz CT molecular complexity index is 3170. The second-order valence-electron chi connectivity index (χ2n) is 14.3. The van der Waals surface area contributed by atoms with Crippen LogP contribution in [-0.2, 0) is 0 Å². The third kappa shape index (κ3) is 5.31. The Morgan fingerprint density at radius 2 is 0.893 bits per heavy atom. The second-order valence-corrected chi connectivity index (χ2v) is 14.3. The van der Waals surface area contributed by atoms with Gasteiger partial charge in [0.15, 0.2) is 0 Å². The molecule has 0 N–H and O–H groups in total. The van der Waals surface area contributed by atoms with E-state index in [1.54, 1.807) is 0 Å². The number of benzene rings is 7. The van der Waals surface area contributed by atoms with Crippen molar-refractivity contribution in [3.8, 4) is 56.1 Å². The molecule has 56 heavy (non-hydrogen) atoms. The molecule has 262 valence electrons. The average molecular weight is 715 g/mol. The summed E-state index contributed by atoms with van der Waals surface area (Å²) in [6.07, 6.45) is 1.89. The predicted octanol–water partition coefficient (Wildman–Crippen LogP) is 13.3. The zero-order valence-corrected chi connectivity index (χ0v) is 30.4. The molecule has 0 unspecified atom stereocenters. The van der Waals surface area contributed by atoms with Gasteiger partial charge in [-0.05, 0) is 95.1 Å². The van der Waals surface area contributed by atoms with E-state index >= 15 is 0 Å². The third-order valence-corrected chi connectivity index (χ3v) is 10.9. The molecule has 0 radical (unpaired) electrons. The molecule has 0 fully saturated rings. The first kappa shape index (κ1) is 31.9. The van der Waals surface area contributed by atoms with Crippen LogP contribution in [0.2, 0.25) is 0 Å². The molecule has 0 saturated heterocycles. The zero-order chi connectivity index (χ0) is 37.0. The number of hydrogen-bond donors (Lipinski definition) is 0. The fraction of sp³-hybridized carbons (Fsp3) is 0. The summed E-state index contributed by atoms with van der Waals surface area (Å²) in [4.78, 5) is 10.1. The average Bonchev–Trinajstić information content (AvgIpc) is 3.79. The summed E-state index contributed by atoms with van der Waals surface area (Å²) in [5.74, 6) is 0. The Balaban J connectivity index is 1.08. The first-order chi connectivity index (χ1) is 27.8. The van der Waals surface area contributed by atoms with Gasteiger partial charge >= 0.3 is 0 Å². The monoisotopic (exact) mass is 714 g/mol. The van der Waals surface area contributed by atoms with Crippen LogP contribution in [-0.4, -0.2) is 19.1 Å². The molecule has 0 atom stereocenters. The number of nitrogens with zero attached hydrogens (tertiary/aromatic N) is 4. The van der Waals surface area contributed by atoms with E-state index in [1.165, 1.54) is 16.3 Å². The van der Waals surface area contributed by atoms with Gasteiger partial charge in [0.25, 0.3) is 0 Å². The summed E-state index contributed by atoms with van der Waals surface area (Å²) in [6, 6.07) is 71.3. The van der Waals surface area contributed by atoms with Crippen molar-refractivity contribution in [3.63, 3.8) is 0 Å². The molecule has 0 bridgehead atoms. The van der Waals surface area contributed by atoms with Gasteiger partial charge in [-0.2, -0.15) is 0 Å². The highest BCUT2D eigenvalue weighted by Crippen LogP contribution is 2.39. The van der Waals surface area contributed by atoms with Crippen LogP contribution in [0.3, 0.4) is 0 Å². The molecular weight excluding hydrogens is 681 g/mol. The van der Waals surface area contributed by atoms with E-state index in [1.807, 2.05) is 18.3 Å². The van der Waals surface area contributed by atoms with Crippen molar-refractivity contribution in [2.75, 3.05) is 0 Å². The highest BCUT2D eigenvalue weighted by Gasteiger charge is 2.17. The van der Waals surface area contributed by atoms with Crippen molar-refractivity contribution in [3.05, 3.63) is 206 Å². The number of pyridine rings is 2. The molecule has 0 saturated carbocycles. The molecule has 11 aromatic rings. The molecule has 0 aliphatic rings. The van der Waals surface area contributed by atoms with Gasteiger partial charge in [-0.1, -0.05) is 127 Å². The van der Waals surface area contributed by atoms with E-state index in [0.29, 0.717) is 0 Å². The molecule has 7 aromatic carbocycles. The fourth-order valence-electron chi connectivity index (χ4n) is 8.34. The minimum absolute atomic E-state index is 0.935. The Morgan fingerprint density at radius 1 is 0.304 bits per heavy atom. The van der Waals surface area contributed by atoms with Gasteiger partial charge in [0.2, 0.25) is 0 Å². The van der Waals surface area contributed by atoms with Crippen molar-refractivity contribution in [1.82, 2.24) is 19.1 Å². The third-order valence-electron chi connectivity index (χ3n) is 10.9. The highest BCUT2D eigenvalue weighted by molar-refractivity contribution is 6.11. The van der Waals surface area contributed by atoms with Crippen LogP contribution in [0.1, 0.15) is 0 Å². The molecule has 0 aliphatic heterocycles. The molecule has 0 spiro atoms. The van der Waals surface area contributed by atoms with Crippen LogP contribution in [0.25, 0.3) is 99.9 Å². The molecule has 4 heterocycles. The molecule has 4 nitrogen and oxygen atoms in total. The number of aromatic nitrogens is 4. The summed E-state index contributed by atoms with van der Waals surface area (Å²) in [6.45, 7) is 0. The van der Waals surface area contributed by atoms with Gasteiger partial charge in [0, 0.05) is 44.9 Å². The fourth-order valence-corrected chi connectivity index (χ4v) is 8.34. The maximum absolute atomic E-state index is 5.25. The van der Waals surface area contributed by atoms with E-state index in [-0.39, 0.29) is 0 Å². The Kier molecular flexibility index (Phi) is 7.46. The summed E-state index contributed by atoms with van der Waals surface area (Å²) >= 11 is 0. The van der Waals surface area contributed by atoms with Crippen molar-refractivity contribution in [2.24, 2.45) is 0 Å². The molecule has 11 rings (SSSR count). The number of hydrogen-bond acceptors (Lipinski definition) is 2. The molecular formula is C52H34N4. The lowest BCUT2D eigenvalue weighted by atomic mass is 10.00. The maximum Gasteiger partial charge on any atom is 0.0963 e. The standard InChI is InChI=1S/C52H34N4/c1-4-14-35(15-5-1)40-32-46(36-16-6-2-7-17-36)54-47(33-40)39-18-12-21-42(30-39)56-48-23-11-10-22-43(48)44-27-25-38(34-51(44)56)37-26-28-49-45(31-37)52-50(24-13-29-53-52)55(49)41-19-8-3-9-20-41/h1-34H. The van der Waals surface area contributed by atoms with Crippen LogP contribution in [0.15, 0.2) is 206 Å². The summed E-state index contributed by atoms with van der Waals surface area (Å²) in [7, 11) is 0. The number of para-hydroxylation sites is 2. The molecule has 0 aliphatic carbocycles. The first-order valence-corrected chi connectivity index (χ1v) is 19.0. The summed E-state index contributed by atoms with van der Waals surface area (Å²) < 4.78 is 4.71. The van der Waals surface area contributed by atoms with Crippen LogP contribution in [0.5, 0.6) is 0 Å².